The molecule has 2 aromatic rings. The molecule has 3 nitrogen and oxygen atoms in total. The van der Waals surface area contributed by atoms with Gasteiger partial charge in [-0.2, -0.15) is 0 Å². The molecule has 122 valence electrons. The van der Waals surface area contributed by atoms with Crippen LogP contribution in [0.1, 0.15) is 56.2 Å². The van der Waals surface area contributed by atoms with Gasteiger partial charge in [-0.1, -0.05) is 13.3 Å². The zero-order valence-electron chi connectivity index (χ0n) is 14.1. The van der Waals surface area contributed by atoms with Crippen LogP contribution in [0.15, 0.2) is 22.8 Å². The van der Waals surface area contributed by atoms with Gasteiger partial charge in [0.05, 0.1) is 11.7 Å². The van der Waals surface area contributed by atoms with E-state index in [2.05, 4.69) is 19.9 Å². The van der Waals surface area contributed by atoms with Gasteiger partial charge < -0.3 is 9.52 Å². The van der Waals surface area contributed by atoms with Crippen LogP contribution in [0.4, 0.5) is 0 Å². The largest absolute Gasteiger partial charge is 0.481 e. The van der Waals surface area contributed by atoms with Gasteiger partial charge in [0, 0.05) is 5.39 Å². The number of rotatable bonds is 1. The predicted molar refractivity (Wildman–Crippen MR) is 89.7 cm³/mol. The van der Waals surface area contributed by atoms with Crippen molar-refractivity contribution in [1.82, 2.24) is 0 Å². The molecule has 2 aliphatic carbocycles. The Labute approximate surface area is 136 Å². The van der Waals surface area contributed by atoms with Crippen molar-refractivity contribution in [3.8, 4) is 0 Å². The third kappa shape index (κ3) is 1.79. The van der Waals surface area contributed by atoms with E-state index in [4.69, 9.17) is 4.42 Å². The summed E-state index contributed by atoms with van der Waals surface area (Å²) >= 11 is 0. The molecule has 1 aromatic heterocycles. The molecule has 1 aromatic carbocycles. The van der Waals surface area contributed by atoms with Gasteiger partial charge in [-0.05, 0) is 79.7 Å². The lowest BCUT2D eigenvalue weighted by Gasteiger charge is -2.53. The topological polar surface area (TPSA) is 50.4 Å². The van der Waals surface area contributed by atoms with E-state index >= 15 is 0 Å². The second kappa shape index (κ2) is 4.62. The lowest BCUT2D eigenvalue weighted by molar-refractivity contribution is -0.157. The fraction of sp³-hybridized carbons (Fsp3) is 0.550. The fourth-order valence-corrected chi connectivity index (χ4v) is 5.54. The van der Waals surface area contributed by atoms with E-state index in [1.165, 1.54) is 22.1 Å². The maximum atomic E-state index is 12.0. The molecule has 0 bridgehead atoms. The molecule has 1 heterocycles. The molecule has 0 aliphatic heterocycles. The zero-order valence-corrected chi connectivity index (χ0v) is 14.1. The average Bonchev–Trinajstić information content (AvgIpc) is 2.96. The van der Waals surface area contributed by atoms with Crippen LogP contribution in [0.3, 0.4) is 0 Å². The molecule has 1 N–H and O–H groups in total. The van der Waals surface area contributed by atoms with E-state index in [1.807, 2.05) is 13.0 Å². The van der Waals surface area contributed by atoms with Gasteiger partial charge in [0.1, 0.15) is 5.58 Å². The summed E-state index contributed by atoms with van der Waals surface area (Å²) in [7, 11) is 0. The Hall–Kier alpha value is -1.77. The predicted octanol–water partition coefficient (Wildman–Crippen LogP) is 4.84. The number of carboxylic acids is 1. The van der Waals surface area contributed by atoms with Gasteiger partial charge in [-0.3, -0.25) is 4.79 Å². The minimum absolute atomic E-state index is 0.0648. The number of carbonyl (C=O) groups is 1. The standard InChI is InChI=1S/C20H24O3/c1-12-13-5-6-17-19(2,8-4-9-20(17,3)18(21)22)15(13)11-16-14(12)7-10-23-16/h7,10-11,17H,4-6,8-9H2,1-3H3,(H,21,22). The third-order valence-electron chi connectivity index (χ3n) is 6.87. The minimum Gasteiger partial charge on any atom is -0.481 e. The Morgan fingerprint density at radius 3 is 2.87 bits per heavy atom. The SMILES string of the molecule is Cc1c2c(cc3occc13)C1(C)CCCC(C)(C(=O)O)C1CC2. The number of hydrogen-bond acceptors (Lipinski definition) is 2. The van der Waals surface area contributed by atoms with Crippen molar-refractivity contribution in [3.63, 3.8) is 0 Å². The van der Waals surface area contributed by atoms with Crippen molar-refractivity contribution in [3.05, 3.63) is 35.1 Å². The Balaban J connectivity index is 1.94. The molecule has 4 rings (SSSR count). The molecule has 2 aliphatic rings. The van der Waals surface area contributed by atoms with Crippen LogP contribution in [0, 0.1) is 18.3 Å². The van der Waals surface area contributed by atoms with Crippen molar-refractivity contribution < 1.29 is 14.3 Å². The molecule has 1 fully saturated rings. The average molecular weight is 312 g/mol. The molecular formula is C20H24O3. The number of furan rings is 1. The third-order valence-corrected chi connectivity index (χ3v) is 6.87. The molecule has 0 amide bonds. The quantitative estimate of drug-likeness (QED) is 0.820. The number of fused-ring (bicyclic) bond motifs is 4. The second-order valence-electron chi connectivity index (χ2n) is 7.94. The van der Waals surface area contributed by atoms with Gasteiger partial charge in [0.15, 0.2) is 0 Å². The summed E-state index contributed by atoms with van der Waals surface area (Å²) in [4.78, 5) is 12.0. The normalized spacial score (nSPS) is 33.3. The van der Waals surface area contributed by atoms with Crippen molar-refractivity contribution in [2.24, 2.45) is 11.3 Å². The molecule has 0 spiro atoms. The number of carboxylic acid groups (broad SMARTS) is 1. The molecule has 23 heavy (non-hydrogen) atoms. The Morgan fingerprint density at radius 1 is 1.35 bits per heavy atom. The van der Waals surface area contributed by atoms with Crippen molar-refractivity contribution in [1.29, 1.82) is 0 Å². The lowest BCUT2D eigenvalue weighted by atomic mass is 9.49. The van der Waals surface area contributed by atoms with E-state index in [1.54, 1.807) is 6.26 Å². The fourth-order valence-electron chi connectivity index (χ4n) is 5.54. The highest BCUT2D eigenvalue weighted by molar-refractivity contribution is 5.84. The molecule has 0 radical (unpaired) electrons. The van der Waals surface area contributed by atoms with Gasteiger partial charge >= 0.3 is 5.97 Å². The Bertz CT molecular complexity index is 803. The molecular weight excluding hydrogens is 288 g/mol. The Morgan fingerprint density at radius 2 is 2.13 bits per heavy atom. The lowest BCUT2D eigenvalue weighted by Crippen LogP contribution is -2.52. The highest BCUT2D eigenvalue weighted by Gasteiger charge is 2.55. The van der Waals surface area contributed by atoms with Crippen molar-refractivity contribution in [2.45, 2.75) is 58.3 Å². The minimum atomic E-state index is -0.632. The zero-order chi connectivity index (χ0) is 16.4. The van der Waals surface area contributed by atoms with Gasteiger partial charge in [0.25, 0.3) is 0 Å². The Kier molecular flexibility index (Phi) is 2.97. The van der Waals surface area contributed by atoms with Crippen LogP contribution in [0.25, 0.3) is 11.0 Å². The number of benzene rings is 1. The van der Waals surface area contributed by atoms with E-state index in [9.17, 15) is 9.90 Å². The van der Waals surface area contributed by atoms with E-state index < -0.39 is 11.4 Å². The monoisotopic (exact) mass is 312 g/mol. The maximum Gasteiger partial charge on any atom is 0.309 e. The number of aryl methyl sites for hydroxylation is 1. The van der Waals surface area contributed by atoms with E-state index in [-0.39, 0.29) is 11.3 Å². The molecule has 1 saturated carbocycles. The summed E-state index contributed by atoms with van der Waals surface area (Å²) in [6, 6.07) is 4.24. The molecule has 0 saturated heterocycles. The van der Waals surface area contributed by atoms with Gasteiger partial charge in [0.2, 0.25) is 0 Å². The summed E-state index contributed by atoms with van der Waals surface area (Å²) in [6.07, 6.45) is 6.54. The van der Waals surface area contributed by atoms with Crippen molar-refractivity contribution >= 4 is 16.9 Å². The number of hydrogen-bond donors (Lipinski definition) is 1. The highest BCUT2D eigenvalue weighted by Crippen LogP contribution is 2.58. The van der Waals surface area contributed by atoms with Crippen LogP contribution in [-0.2, 0) is 16.6 Å². The van der Waals surface area contributed by atoms with Crippen LogP contribution in [0.5, 0.6) is 0 Å². The molecule has 3 heteroatoms. The smallest absolute Gasteiger partial charge is 0.309 e. The second-order valence-corrected chi connectivity index (χ2v) is 7.94. The van der Waals surface area contributed by atoms with Crippen LogP contribution < -0.4 is 0 Å². The first-order chi connectivity index (χ1) is 10.9. The van der Waals surface area contributed by atoms with Crippen LogP contribution >= 0.6 is 0 Å². The van der Waals surface area contributed by atoms with Gasteiger partial charge in [-0.15, -0.1) is 0 Å². The molecule has 3 atom stereocenters. The van der Waals surface area contributed by atoms with E-state index in [0.717, 1.165) is 37.7 Å². The number of aliphatic carboxylic acids is 1. The first-order valence-electron chi connectivity index (χ1n) is 8.61. The van der Waals surface area contributed by atoms with E-state index in [0.29, 0.717) is 0 Å². The summed E-state index contributed by atoms with van der Waals surface area (Å²) in [6.45, 7) is 6.42. The summed E-state index contributed by atoms with van der Waals surface area (Å²) < 4.78 is 5.67. The first-order valence-corrected chi connectivity index (χ1v) is 8.61. The van der Waals surface area contributed by atoms with Crippen LogP contribution in [-0.4, -0.2) is 11.1 Å². The highest BCUT2D eigenvalue weighted by atomic mass is 16.4. The summed E-state index contributed by atoms with van der Waals surface area (Å²) in [5.74, 6) is -0.437. The maximum absolute atomic E-state index is 12.0. The van der Waals surface area contributed by atoms with Gasteiger partial charge in [-0.25, -0.2) is 0 Å². The summed E-state index contributed by atoms with van der Waals surface area (Å²) in [5, 5.41) is 11.1. The van der Waals surface area contributed by atoms with Crippen molar-refractivity contribution in [2.75, 3.05) is 0 Å². The first kappa shape index (κ1) is 14.8. The molecule has 3 unspecified atom stereocenters. The summed E-state index contributed by atoms with van der Waals surface area (Å²) in [5.41, 5.74) is 4.33. The van der Waals surface area contributed by atoms with Crippen LogP contribution in [0.2, 0.25) is 0 Å².